The standard InChI is InChI=1S/C12H21N3O2/c1-2-15-12(13-9-14-15)8-10(16)5-6-11-4-3-7-17-11/h9-11,16H,2-8H2,1H3. The topological polar surface area (TPSA) is 60.2 Å². The minimum atomic E-state index is -0.339. The van der Waals surface area contributed by atoms with E-state index in [1.165, 1.54) is 0 Å². The number of nitrogens with zero attached hydrogens (tertiary/aromatic N) is 3. The van der Waals surface area contributed by atoms with E-state index in [-0.39, 0.29) is 6.10 Å². The van der Waals surface area contributed by atoms with Crippen LogP contribution in [0.25, 0.3) is 0 Å². The molecule has 17 heavy (non-hydrogen) atoms. The monoisotopic (exact) mass is 239 g/mol. The highest BCUT2D eigenvalue weighted by Gasteiger charge is 2.18. The summed E-state index contributed by atoms with van der Waals surface area (Å²) in [6.07, 6.45) is 6.17. The first-order valence-electron chi connectivity index (χ1n) is 6.46. The lowest BCUT2D eigenvalue weighted by atomic mass is 10.1. The van der Waals surface area contributed by atoms with E-state index in [2.05, 4.69) is 10.1 Å². The third kappa shape index (κ3) is 3.51. The molecule has 2 rings (SSSR count). The van der Waals surface area contributed by atoms with Gasteiger partial charge in [0, 0.05) is 19.6 Å². The van der Waals surface area contributed by atoms with Crippen LogP contribution in [0.2, 0.25) is 0 Å². The Kier molecular flexibility index (Phi) is 4.50. The van der Waals surface area contributed by atoms with Crippen LogP contribution in [-0.2, 0) is 17.7 Å². The van der Waals surface area contributed by atoms with Gasteiger partial charge in [0.1, 0.15) is 12.2 Å². The lowest BCUT2D eigenvalue weighted by molar-refractivity contribution is 0.0805. The fourth-order valence-corrected chi connectivity index (χ4v) is 2.27. The van der Waals surface area contributed by atoms with E-state index in [9.17, 15) is 5.11 Å². The van der Waals surface area contributed by atoms with Gasteiger partial charge in [-0.3, -0.25) is 4.68 Å². The van der Waals surface area contributed by atoms with E-state index in [4.69, 9.17) is 4.74 Å². The largest absolute Gasteiger partial charge is 0.393 e. The molecule has 0 bridgehead atoms. The number of aryl methyl sites for hydroxylation is 1. The molecule has 0 aliphatic carbocycles. The van der Waals surface area contributed by atoms with Gasteiger partial charge in [0.15, 0.2) is 0 Å². The van der Waals surface area contributed by atoms with Gasteiger partial charge in [0.05, 0.1) is 12.2 Å². The van der Waals surface area contributed by atoms with Crippen LogP contribution in [0.15, 0.2) is 6.33 Å². The molecule has 1 saturated heterocycles. The molecule has 1 aromatic rings. The van der Waals surface area contributed by atoms with Crippen molar-refractivity contribution in [2.24, 2.45) is 0 Å². The maximum absolute atomic E-state index is 9.96. The molecule has 1 fully saturated rings. The lowest BCUT2D eigenvalue weighted by Crippen LogP contribution is -2.17. The Morgan fingerprint density at radius 1 is 1.65 bits per heavy atom. The summed E-state index contributed by atoms with van der Waals surface area (Å²) in [6.45, 7) is 3.70. The van der Waals surface area contributed by atoms with Gasteiger partial charge in [-0.05, 0) is 32.6 Å². The van der Waals surface area contributed by atoms with Crippen molar-refractivity contribution in [3.8, 4) is 0 Å². The Balaban J connectivity index is 1.74. The highest BCUT2D eigenvalue weighted by Crippen LogP contribution is 2.18. The van der Waals surface area contributed by atoms with Gasteiger partial charge >= 0.3 is 0 Å². The molecule has 0 saturated carbocycles. The van der Waals surface area contributed by atoms with E-state index < -0.39 is 0 Å². The van der Waals surface area contributed by atoms with Crippen LogP contribution in [0, 0.1) is 0 Å². The number of rotatable bonds is 6. The number of ether oxygens (including phenoxy) is 1. The smallest absolute Gasteiger partial charge is 0.138 e. The van der Waals surface area contributed by atoms with Crippen LogP contribution in [-0.4, -0.2) is 38.7 Å². The number of aliphatic hydroxyl groups excluding tert-OH is 1. The molecule has 2 unspecified atom stereocenters. The van der Waals surface area contributed by atoms with Gasteiger partial charge in [0.25, 0.3) is 0 Å². The van der Waals surface area contributed by atoms with Crippen LogP contribution in [0.5, 0.6) is 0 Å². The van der Waals surface area contributed by atoms with Crippen LogP contribution in [0.3, 0.4) is 0 Å². The molecule has 96 valence electrons. The van der Waals surface area contributed by atoms with Gasteiger partial charge in [0.2, 0.25) is 0 Å². The maximum Gasteiger partial charge on any atom is 0.138 e. The van der Waals surface area contributed by atoms with E-state index in [1.54, 1.807) is 6.33 Å². The number of aromatic nitrogens is 3. The van der Waals surface area contributed by atoms with E-state index in [1.807, 2.05) is 11.6 Å². The summed E-state index contributed by atoms with van der Waals surface area (Å²) in [7, 11) is 0. The Morgan fingerprint density at radius 2 is 2.53 bits per heavy atom. The fraction of sp³-hybridized carbons (Fsp3) is 0.833. The van der Waals surface area contributed by atoms with Crippen LogP contribution in [0.1, 0.15) is 38.4 Å². The van der Waals surface area contributed by atoms with Crippen molar-refractivity contribution in [2.75, 3.05) is 6.61 Å². The van der Waals surface area contributed by atoms with Crippen LogP contribution in [0.4, 0.5) is 0 Å². The zero-order valence-electron chi connectivity index (χ0n) is 10.4. The normalized spacial score (nSPS) is 21.9. The number of hydrogen-bond acceptors (Lipinski definition) is 4. The van der Waals surface area contributed by atoms with Crippen molar-refractivity contribution in [3.63, 3.8) is 0 Å². The first-order valence-corrected chi connectivity index (χ1v) is 6.46. The van der Waals surface area contributed by atoms with Gasteiger partial charge in [-0.1, -0.05) is 0 Å². The minimum Gasteiger partial charge on any atom is -0.393 e. The average molecular weight is 239 g/mol. The van der Waals surface area contributed by atoms with Crippen molar-refractivity contribution in [2.45, 2.75) is 57.8 Å². The molecule has 1 aliphatic heterocycles. The predicted octanol–water partition coefficient (Wildman–Crippen LogP) is 1.16. The van der Waals surface area contributed by atoms with Gasteiger partial charge in [-0.15, -0.1) is 0 Å². The van der Waals surface area contributed by atoms with E-state index in [0.717, 1.165) is 44.7 Å². The van der Waals surface area contributed by atoms with Crippen molar-refractivity contribution in [1.82, 2.24) is 14.8 Å². The molecule has 1 N–H and O–H groups in total. The molecular formula is C12H21N3O2. The maximum atomic E-state index is 9.96. The summed E-state index contributed by atoms with van der Waals surface area (Å²) in [5.41, 5.74) is 0. The molecule has 5 nitrogen and oxygen atoms in total. The summed E-state index contributed by atoms with van der Waals surface area (Å²) in [5, 5.41) is 14.1. The lowest BCUT2D eigenvalue weighted by Gasteiger charge is -2.13. The van der Waals surface area contributed by atoms with Gasteiger partial charge in [-0.25, -0.2) is 4.98 Å². The van der Waals surface area contributed by atoms with Crippen molar-refractivity contribution < 1.29 is 9.84 Å². The van der Waals surface area contributed by atoms with Gasteiger partial charge < -0.3 is 9.84 Å². The SMILES string of the molecule is CCn1ncnc1CC(O)CCC1CCCO1. The number of aliphatic hydroxyl groups is 1. The van der Waals surface area contributed by atoms with E-state index >= 15 is 0 Å². The zero-order chi connectivity index (χ0) is 12.1. The Morgan fingerprint density at radius 3 is 3.24 bits per heavy atom. The molecular weight excluding hydrogens is 218 g/mol. The third-order valence-corrected chi connectivity index (χ3v) is 3.26. The second kappa shape index (κ2) is 6.12. The highest BCUT2D eigenvalue weighted by molar-refractivity contribution is 4.87. The average Bonchev–Trinajstić information content (AvgIpc) is 2.97. The summed E-state index contributed by atoms with van der Waals surface area (Å²) in [5.74, 6) is 0.868. The zero-order valence-corrected chi connectivity index (χ0v) is 10.4. The van der Waals surface area contributed by atoms with E-state index in [0.29, 0.717) is 12.5 Å². The molecule has 5 heteroatoms. The summed E-state index contributed by atoms with van der Waals surface area (Å²) in [4.78, 5) is 4.17. The predicted molar refractivity (Wildman–Crippen MR) is 63.6 cm³/mol. The van der Waals surface area contributed by atoms with Crippen LogP contribution < -0.4 is 0 Å². The second-order valence-electron chi connectivity index (χ2n) is 4.56. The Bertz CT molecular complexity index is 334. The van der Waals surface area contributed by atoms with Crippen molar-refractivity contribution >= 4 is 0 Å². The van der Waals surface area contributed by atoms with Crippen molar-refractivity contribution in [3.05, 3.63) is 12.2 Å². The molecule has 0 amide bonds. The molecule has 1 aromatic heterocycles. The molecule has 1 aliphatic rings. The molecule has 0 aromatic carbocycles. The fourth-order valence-electron chi connectivity index (χ4n) is 2.27. The molecule has 0 radical (unpaired) electrons. The Labute approximate surface area is 102 Å². The third-order valence-electron chi connectivity index (χ3n) is 3.26. The summed E-state index contributed by atoms with van der Waals surface area (Å²) in [6, 6.07) is 0. The first kappa shape index (κ1) is 12.5. The first-order chi connectivity index (χ1) is 8.29. The Hall–Kier alpha value is -0.940. The number of hydrogen-bond donors (Lipinski definition) is 1. The molecule has 0 spiro atoms. The summed E-state index contributed by atoms with van der Waals surface area (Å²) < 4.78 is 7.37. The van der Waals surface area contributed by atoms with Crippen LogP contribution >= 0.6 is 0 Å². The molecule has 2 heterocycles. The minimum absolute atomic E-state index is 0.339. The summed E-state index contributed by atoms with van der Waals surface area (Å²) >= 11 is 0. The van der Waals surface area contributed by atoms with Crippen molar-refractivity contribution in [1.29, 1.82) is 0 Å². The molecule has 2 atom stereocenters. The second-order valence-corrected chi connectivity index (χ2v) is 4.56. The van der Waals surface area contributed by atoms with Gasteiger partial charge in [-0.2, -0.15) is 5.10 Å². The highest BCUT2D eigenvalue weighted by atomic mass is 16.5. The quantitative estimate of drug-likeness (QED) is 0.809.